The van der Waals surface area contributed by atoms with Gasteiger partial charge in [0.15, 0.2) is 0 Å². The highest BCUT2D eigenvalue weighted by Gasteiger charge is 2.18. The highest BCUT2D eigenvalue weighted by atomic mass is 16.3. The van der Waals surface area contributed by atoms with Gasteiger partial charge in [0.05, 0.1) is 18.3 Å². The van der Waals surface area contributed by atoms with Gasteiger partial charge in [-0.2, -0.15) is 0 Å². The summed E-state index contributed by atoms with van der Waals surface area (Å²) in [5, 5.41) is 29.9. The van der Waals surface area contributed by atoms with Crippen LogP contribution >= 0.6 is 0 Å². The highest BCUT2D eigenvalue weighted by molar-refractivity contribution is 4.72. The highest BCUT2D eigenvalue weighted by Crippen LogP contribution is 2.08. The Hall–Kier alpha value is -0.200. The van der Waals surface area contributed by atoms with E-state index < -0.39 is 0 Å². The Bertz CT molecular complexity index is 240. The Labute approximate surface area is 149 Å². The van der Waals surface area contributed by atoms with Crippen molar-refractivity contribution in [1.29, 1.82) is 0 Å². The second-order valence-electron chi connectivity index (χ2n) is 7.22. The van der Waals surface area contributed by atoms with Gasteiger partial charge in [-0.25, -0.2) is 0 Å². The molecule has 146 valence electrons. The van der Waals surface area contributed by atoms with Crippen molar-refractivity contribution in [3.05, 3.63) is 0 Å². The molecular weight excluding hydrogens is 304 g/mol. The van der Waals surface area contributed by atoms with E-state index in [4.69, 9.17) is 0 Å². The molecule has 0 aromatic heterocycles. The molecule has 0 aromatic rings. The van der Waals surface area contributed by atoms with Gasteiger partial charge in [-0.15, -0.1) is 0 Å². The van der Waals surface area contributed by atoms with Crippen LogP contribution in [0.2, 0.25) is 0 Å². The lowest BCUT2D eigenvalue weighted by atomic mass is 10.1. The summed E-state index contributed by atoms with van der Waals surface area (Å²) >= 11 is 0. The zero-order valence-corrected chi connectivity index (χ0v) is 16.6. The maximum absolute atomic E-state index is 10.0. The van der Waals surface area contributed by atoms with E-state index in [0.717, 1.165) is 45.3 Å². The standard InChI is InChI=1S/C19H42N2O3/c1-6-16(5)12-20(13-17(22)7-2)10-11-21(14-18(23)8-3)15-19(24)9-4/h16-19,22-24H,6-15H2,1-5H3. The quantitative estimate of drug-likeness (QED) is 0.423. The molecule has 0 radical (unpaired) electrons. The first-order valence-corrected chi connectivity index (χ1v) is 9.84. The van der Waals surface area contributed by atoms with E-state index in [9.17, 15) is 15.3 Å². The molecular formula is C19H42N2O3. The van der Waals surface area contributed by atoms with E-state index in [0.29, 0.717) is 25.6 Å². The molecule has 24 heavy (non-hydrogen) atoms. The molecule has 5 heteroatoms. The summed E-state index contributed by atoms with van der Waals surface area (Å²) in [6.07, 6.45) is 2.37. The lowest BCUT2D eigenvalue weighted by Gasteiger charge is -2.32. The van der Waals surface area contributed by atoms with Gasteiger partial charge in [0.2, 0.25) is 0 Å². The first-order valence-electron chi connectivity index (χ1n) is 9.84. The Morgan fingerprint density at radius 1 is 0.583 bits per heavy atom. The summed E-state index contributed by atoms with van der Waals surface area (Å²) in [5.41, 5.74) is 0. The van der Waals surface area contributed by atoms with E-state index in [1.54, 1.807) is 0 Å². The minimum absolute atomic E-state index is 0.287. The van der Waals surface area contributed by atoms with E-state index in [-0.39, 0.29) is 18.3 Å². The Balaban J connectivity index is 4.66. The first kappa shape index (κ1) is 23.8. The summed E-state index contributed by atoms with van der Waals surface area (Å²) in [4.78, 5) is 4.48. The molecule has 0 aromatic carbocycles. The Morgan fingerprint density at radius 3 is 1.21 bits per heavy atom. The third-order valence-corrected chi connectivity index (χ3v) is 4.82. The van der Waals surface area contributed by atoms with Crippen molar-refractivity contribution >= 4 is 0 Å². The third kappa shape index (κ3) is 11.4. The summed E-state index contributed by atoms with van der Waals surface area (Å²) < 4.78 is 0. The van der Waals surface area contributed by atoms with Crippen LogP contribution in [0.5, 0.6) is 0 Å². The Kier molecular flexibility index (Phi) is 13.9. The molecule has 5 nitrogen and oxygen atoms in total. The minimum atomic E-state index is -0.349. The van der Waals surface area contributed by atoms with Crippen LogP contribution in [-0.2, 0) is 0 Å². The number of hydrogen-bond acceptors (Lipinski definition) is 5. The van der Waals surface area contributed by atoms with Crippen molar-refractivity contribution in [3.8, 4) is 0 Å². The molecule has 0 rings (SSSR count). The number of nitrogens with zero attached hydrogens (tertiary/aromatic N) is 2. The van der Waals surface area contributed by atoms with Gasteiger partial charge in [0, 0.05) is 39.3 Å². The molecule has 0 spiro atoms. The van der Waals surface area contributed by atoms with Crippen molar-refractivity contribution in [3.63, 3.8) is 0 Å². The lowest BCUT2D eigenvalue weighted by molar-refractivity contribution is 0.0508. The SMILES string of the molecule is CCC(C)CN(CCN(CC(O)CC)CC(O)CC)CC(O)CC. The van der Waals surface area contributed by atoms with Crippen molar-refractivity contribution < 1.29 is 15.3 Å². The largest absolute Gasteiger partial charge is 0.392 e. The number of hydrogen-bond donors (Lipinski definition) is 3. The number of aliphatic hydroxyl groups excluding tert-OH is 3. The zero-order valence-electron chi connectivity index (χ0n) is 16.6. The monoisotopic (exact) mass is 346 g/mol. The number of aliphatic hydroxyl groups is 3. The van der Waals surface area contributed by atoms with E-state index in [1.807, 2.05) is 20.8 Å². The molecule has 4 atom stereocenters. The van der Waals surface area contributed by atoms with Crippen LogP contribution in [0, 0.1) is 5.92 Å². The topological polar surface area (TPSA) is 67.2 Å². The first-order chi connectivity index (χ1) is 11.4. The van der Waals surface area contributed by atoms with Gasteiger partial charge < -0.3 is 15.3 Å². The predicted octanol–water partition coefficient (Wildman–Crippen LogP) is 1.95. The van der Waals surface area contributed by atoms with E-state index in [1.165, 1.54) is 0 Å². The average molecular weight is 347 g/mol. The normalized spacial score (nSPS) is 17.2. The molecule has 0 amide bonds. The second-order valence-corrected chi connectivity index (χ2v) is 7.22. The summed E-state index contributed by atoms with van der Waals surface area (Å²) in [6.45, 7) is 14.9. The lowest BCUT2D eigenvalue weighted by Crippen LogP contribution is -2.44. The molecule has 0 bridgehead atoms. The minimum Gasteiger partial charge on any atom is -0.392 e. The van der Waals surface area contributed by atoms with Gasteiger partial charge in [0.25, 0.3) is 0 Å². The van der Waals surface area contributed by atoms with Crippen LogP contribution in [0.4, 0.5) is 0 Å². The molecule has 0 saturated carbocycles. The van der Waals surface area contributed by atoms with Crippen molar-refractivity contribution in [2.45, 2.75) is 78.6 Å². The number of rotatable bonds is 15. The fraction of sp³-hybridized carbons (Fsp3) is 1.00. The second kappa shape index (κ2) is 14.0. The van der Waals surface area contributed by atoms with E-state index >= 15 is 0 Å². The van der Waals surface area contributed by atoms with Gasteiger partial charge >= 0.3 is 0 Å². The summed E-state index contributed by atoms with van der Waals surface area (Å²) in [7, 11) is 0. The van der Waals surface area contributed by atoms with Crippen molar-refractivity contribution in [2.24, 2.45) is 5.92 Å². The summed E-state index contributed by atoms with van der Waals surface area (Å²) in [5.74, 6) is 0.602. The van der Waals surface area contributed by atoms with Crippen LogP contribution in [0.1, 0.15) is 60.3 Å². The predicted molar refractivity (Wildman–Crippen MR) is 101 cm³/mol. The fourth-order valence-corrected chi connectivity index (χ4v) is 2.65. The molecule has 0 heterocycles. The van der Waals surface area contributed by atoms with Gasteiger partial charge in [0.1, 0.15) is 0 Å². The van der Waals surface area contributed by atoms with Gasteiger partial charge in [-0.1, -0.05) is 41.0 Å². The molecule has 0 aliphatic heterocycles. The van der Waals surface area contributed by atoms with Crippen LogP contribution in [-0.4, -0.2) is 82.7 Å². The molecule has 0 aliphatic rings. The van der Waals surface area contributed by atoms with E-state index in [2.05, 4.69) is 23.6 Å². The molecule has 0 aliphatic carbocycles. The zero-order chi connectivity index (χ0) is 18.5. The average Bonchev–Trinajstić information content (AvgIpc) is 2.58. The van der Waals surface area contributed by atoms with Crippen LogP contribution in [0.25, 0.3) is 0 Å². The third-order valence-electron chi connectivity index (χ3n) is 4.82. The van der Waals surface area contributed by atoms with Crippen LogP contribution < -0.4 is 0 Å². The Morgan fingerprint density at radius 2 is 0.917 bits per heavy atom. The smallest absolute Gasteiger partial charge is 0.0664 e. The van der Waals surface area contributed by atoms with Crippen LogP contribution in [0.3, 0.4) is 0 Å². The molecule has 4 unspecified atom stereocenters. The van der Waals surface area contributed by atoms with Crippen molar-refractivity contribution in [1.82, 2.24) is 9.80 Å². The van der Waals surface area contributed by atoms with Gasteiger partial charge in [-0.05, 0) is 25.2 Å². The van der Waals surface area contributed by atoms with Crippen molar-refractivity contribution in [2.75, 3.05) is 39.3 Å². The fourth-order valence-electron chi connectivity index (χ4n) is 2.65. The van der Waals surface area contributed by atoms with Gasteiger partial charge in [-0.3, -0.25) is 9.80 Å². The maximum Gasteiger partial charge on any atom is 0.0664 e. The molecule has 0 fully saturated rings. The summed E-state index contributed by atoms with van der Waals surface area (Å²) in [6, 6.07) is 0. The van der Waals surface area contributed by atoms with Crippen LogP contribution in [0.15, 0.2) is 0 Å². The maximum atomic E-state index is 10.0. The molecule has 0 saturated heterocycles. The molecule has 3 N–H and O–H groups in total.